The van der Waals surface area contributed by atoms with Gasteiger partial charge in [-0.1, -0.05) is 24.3 Å². The molecule has 2 rings (SSSR count). The number of ether oxygens (including phenoxy) is 2. The van der Waals surface area contributed by atoms with E-state index < -0.39 is 5.60 Å². The Morgan fingerprint density at radius 3 is 2.96 bits per heavy atom. The van der Waals surface area contributed by atoms with Gasteiger partial charge in [-0.25, -0.2) is 9.78 Å². The third-order valence-electron chi connectivity index (χ3n) is 3.51. The Labute approximate surface area is 142 Å². The first-order valence-electron chi connectivity index (χ1n) is 7.70. The second-order valence-corrected chi connectivity index (χ2v) is 6.89. The highest BCUT2D eigenvalue weighted by Crippen LogP contribution is 2.24. The summed E-state index contributed by atoms with van der Waals surface area (Å²) >= 11 is 5.94. The number of nitrogens with zero attached hydrogens (tertiary/aromatic N) is 2. The number of hydrogen-bond donors (Lipinski definition) is 0. The van der Waals surface area contributed by atoms with E-state index in [9.17, 15) is 4.79 Å². The number of pyridine rings is 1. The van der Waals surface area contributed by atoms with Gasteiger partial charge in [-0.15, -0.1) is 0 Å². The smallest absolute Gasteiger partial charge is 0.410 e. The van der Waals surface area contributed by atoms with Crippen molar-refractivity contribution in [3.63, 3.8) is 0 Å². The molecule has 1 saturated heterocycles. The molecule has 1 atom stereocenters. The zero-order valence-corrected chi connectivity index (χ0v) is 14.6. The molecule has 23 heavy (non-hydrogen) atoms. The number of carbonyl (C=O) groups excluding carboxylic acids is 1. The number of hydrogen-bond acceptors (Lipinski definition) is 4. The number of rotatable bonds is 4. The number of amides is 1. The molecule has 1 aromatic rings. The van der Waals surface area contributed by atoms with Gasteiger partial charge in [0.2, 0.25) is 0 Å². The van der Waals surface area contributed by atoms with E-state index in [0.717, 1.165) is 18.4 Å². The Bertz CT molecular complexity index is 584. The third kappa shape index (κ3) is 4.86. The summed E-state index contributed by atoms with van der Waals surface area (Å²) in [6.07, 6.45) is 4.76. The van der Waals surface area contributed by atoms with Crippen molar-refractivity contribution >= 4 is 23.8 Å². The minimum absolute atomic E-state index is 0.00714. The third-order valence-corrected chi connectivity index (χ3v) is 3.82. The predicted molar refractivity (Wildman–Crippen MR) is 90.8 cm³/mol. The zero-order valence-electron chi connectivity index (χ0n) is 13.8. The molecule has 1 aliphatic heterocycles. The van der Waals surface area contributed by atoms with Crippen LogP contribution in [0.2, 0.25) is 5.15 Å². The predicted octanol–water partition coefficient (Wildman–Crippen LogP) is 4.16. The van der Waals surface area contributed by atoms with E-state index in [-0.39, 0.29) is 12.1 Å². The van der Waals surface area contributed by atoms with Gasteiger partial charge < -0.3 is 14.4 Å². The molecular weight excluding hydrogens is 316 g/mol. The lowest BCUT2D eigenvalue weighted by molar-refractivity contribution is 0.0187. The fraction of sp³-hybridized carbons (Fsp3) is 0.529. The summed E-state index contributed by atoms with van der Waals surface area (Å²) < 4.78 is 11.2. The van der Waals surface area contributed by atoms with Crippen LogP contribution in [-0.4, -0.2) is 40.8 Å². The summed E-state index contributed by atoms with van der Waals surface area (Å²) in [7, 11) is 0. The Balaban J connectivity index is 1.96. The van der Waals surface area contributed by atoms with Crippen molar-refractivity contribution in [3.05, 3.63) is 29.6 Å². The molecule has 0 N–H and O–H groups in total. The molecule has 1 amide bonds. The summed E-state index contributed by atoms with van der Waals surface area (Å²) in [5.41, 5.74) is 0.226. The fourth-order valence-corrected chi connectivity index (χ4v) is 2.61. The SMILES string of the molecule is C=Cc1cc(OC[C@@H]2CCCN2C(=O)OC(C)(C)C)cnc1Cl. The number of carbonyl (C=O) groups is 1. The molecule has 2 heterocycles. The largest absolute Gasteiger partial charge is 0.490 e. The highest BCUT2D eigenvalue weighted by Gasteiger charge is 2.32. The maximum Gasteiger partial charge on any atom is 0.410 e. The zero-order chi connectivity index (χ0) is 17.0. The van der Waals surface area contributed by atoms with E-state index >= 15 is 0 Å². The molecule has 1 fully saturated rings. The van der Waals surface area contributed by atoms with E-state index in [0.29, 0.717) is 24.1 Å². The fourth-order valence-electron chi connectivity index (χ4n) is 2.43. The monoisotopic (exact) mass is 338 g/mol. The summed E-state index contributed by atoms with van der Waals surface area (Å²) in [4.78, 5) is 18.0. The van der Waals surface area contributed by atoms with Gasteiger partial charge >= 0.3 is 6.09 Å². The van der Waals surface area contributed by atoms with Crippen LogP contribution in [-0.2, 0) is 4.74 Å². The molecule has 0 saturated carbocycles. The molecular formula is C17H23ClN2O3. The van der Waals surface area contributed by atoms with Crippen LogP contribution in [0.25, 0.3) is 6.08 Å². The summed E-state index contributed by atoms with van der Waals surface area (Å²) in [6, 6.07) is 1.79. The van der Waals surface area contributed by atoms with Gasteiger partial charge in [0.25, 0.3) is 0 Å². The van der Waals surface area contributed by atoms with Gasteiger partial charge in [0.05, 0.1) is 12.2 Å². The van der Waals surface area contributed by atoms with Crippen molar-refractivity contribution in [1.29, 1.82) is 0 Å². The number of aromatic nitrogens is 1. The Morgan fingerprint density at radius 2 is 2.30 bits per heavy atom. The molecule has 0 aromatic carbocycles. The normalized spacial score (nSPS) is 17.9. The van der Waals surface area contributed by atoms with Gasteiger partial charge in [0.1, 0.15) is 23.1 Å². The average Bonchev–Trinajstić information content (AvgIpc) is 2.93. The Morgan fingerprint density at radius 1 is 1.57 bits per heavy atom. The van der Waals surface area contributed by atoms with Crippen molar-refractivity contribution in [2.45, 2.75) is 45.3 Å². The van der Waals surface area contributed by atoms with E-state index in [1.54, 1.807) is 23.2 Å². The molecule has 0 spiro atoms. The van der Waals surface area contributed by atoms with Crippen molar-refractivity contribution < 1.29 is 14.3 Å². The minimum Gasteiger partial charge on any atom is -0.490 e. The van der Waals surface area contributed by atoms with Crippen LogP contribution in [0.4, 0.5) is 4.79 Å². The summed E-state index contributed by atoms with van der Waals surface area (Å²) in [6.45, 7) is 10.4. The van der Waals surface area contributed by atoms with Crippen molar-refractivity contribution in [2.24, 2.45) is 0 Å². The van der Waals surface area contributed by atoms with Crippen molar-refractivity contribution in [3.8, 4) is 5.75 Å². The van der Waals surface area contributed by atoms with Crippen molar-refractivity contribution in [2.75, 3.05) is 13.2 Å². The molecule has 0 unspecified atom stereocenters. The molecule has 0 bridgehead atoms. The van der Waals surface area contributed by atoms with Gasteiger partial charge in [-0.3, -0.25) is 0 Å². The highest BCUT2D eigenvalue weighted by molar-refractivity contribution is 6.30. The van der Waals surface area contributed by atoms with Crippen LogP contribution in [0.15, 0.2) is 18.8 Å². The van der Waals surface area contributed by atoms with E-state index in [1.807, 2.05) is 20.8 Å². The molecule has 126 valence electrons. The van der Waals surface area contributed by atoms with E-state index in [1.165, 1.54) is 0 Å². The molecule has 1 aromatic heterocycles. The van der Waals surface area contributed by atoms with Crippen LogP contribution in [0.3, 0.4) is 0 Å². The van der Waals surface area contributed by atoms with E-state index in [4.69, 9.17) is 21.1 Å². The van der Waals surface area contributed by atoms with Gasteiger partial charge in [-0.2, -0.15) is 0 Å². The highest BCUT2D eigenvalue weighted by atomic mass is 35.5. The number of halogens is 1. The van der Waals surface area contributed by atoms with Crippen molar-refractivity contribution in [1.82, 2.24) is 9.88 Å². The van der Waals surface area contributed by atoms with Crippen LogP contribution in [0, 0.1) is 0 Å². The maximum atomic E-state index is 12.2. The van der Waals surface area contributed by atoms with Crippen LogP contribution in [0.5, 0.6) is 5.75 Å². The lowest BCUT2D eigenvalue weighted by Gasteiger charge is -2.28. The molecule has 0 aliphatic carbocycles. The first-order valence-corrected chi connectivity index (χ1v) is 8.08. The molecule has 0 radical (unpaired) electrons. The topological polar surface area (TPSA) is 51.7 Å². The van der Waals surface area contributed by atoms with Crippen LogP contribution in [0.1, 0.15) is 39.2 Å². The van der Waals surface area contributed by atoms with Gasteiger partial charge in [0, 0.05) is 12.1 Å². The lowest BCUT2D eigenvalue weighted by atomic mass is 10.2. The quantitative estimate of drug-likeness (QED) is 0.774. The average molecular weight is 339 g/mol. The summed E-state index contributed by atoms with van der Waals surface area (Å²) in [5.74, 6) is 0.611. The van der Waals surface area contributed by atoms with Gasteiger partial charge in [-0.05, 0) is 39.7 Å². The first-order chi connectivity index (χ1) is 10.8. The molecule has 1 aliphatic rings. The second kappa shape index (κ2) is 7.21. The standard InChI is InChI=1S/C17H23ClN2O3/c1-5-12-9-14(10-19-15(12)18)22-11-13-7-6-8-20(13)16(21)23-17(2,3)4/h5,9-10,13H,1,6-8,11H2,2-4H3/t13-/m0/s1. The number of likely N-dealkylation sites (tertiary alicyclic amines) is 1. The Kier molecular flexibility index (Phi) is 5.52. The molecule has 6 heteroatoms. The second-order valence-electron chi connectivity index (χ2n) is 6.54. The lowest BCUT2D eigenvalue weighted by Crippen LogP contribution is -2.42. The first kappa shape index (κ1) is 17.6. The van der Waals surface area contributed by atoms with Gasteiger partial charge in [0.15, 0.2) is 0 Å². The molecule has 5 nitrogen and oxygen atoms in total. The maximum absolute atomic E-state index is 12.2. The minimum atomic E-state index is -0.496. The Hall–Kier alpha value is -1.75. The van der Waals surface area contributed by atoms with E-state index in [2.05, 4.69) is 11.6 Å². The van der Waals surface area contributed by atoms with Crippen LogP contribution < -0.4 is 4.74 Å². The summed E-state index contributed by atoms with van der Waals surface area (Å²) in [5, 5.41) is 0.392. The van der Waals surface area contributed by atoms with Crippen LogP contribution >= 0.6 is 11.6 Å².